The zero-order valence-electron chi connectivity index (χ0n) is 11.2. The first-order valence-corrected chi connectivity index (χ1v) is 7.68. The lowest BCUT2D eigenvalue weighted by Crippen LogP contribution is -2.46. The van der Waals surface area contributed by atoms with Crippen molar-refractivity contribution in [3.8, 4) is 0 Å². The van der Waals surface area contributed by atoms with Crippen molar-refractivity contribution in [2.75, 3.05) is 7.05 Å². The number of rotatable bonds is 0. The SMILES string of the molecule is CN1C(=O)C2C3CC(C2C1=O)C1C2C=CC(CC2)C31. The Morgan fingerprint density at radius 1 is 0.947 bits per heavy atom. The fourth-order valence-corrected chi connectivity index (χ4v) is 6.44. The molecule has 4 fully saturated rings. The molecule has 4 bridgehead atoms. The van der Waals surface area contributed by atoms with Gasteiger partial charge >= 0.3 is 0 Å². The zero-order valence-corrected chi connectivity index (χ0v) is 11.2. The summed E-state index contributed by atoms with van der Waals surface area (Å²) >= 11 is 0. The van der Waals surface area contributed by atoms with Gasteiger partial charge in [-0.1, -0.05) is 12.2 Å². The van der Waals surface area contributed by atoms with Gasteiger partial charge in [0.15, 0.2) is 0 Å². The number of hydrogen-bond donors (Lipinski definition) is 0. The second kappa shape index (κ2) is 3.13. The van der Waals surface area contributed by atoms with Crippen LogP contribution < -0.4 is 0 Å². The monoisotopic (exact) mass is 257 g/mol. The Morgan fingerprint density at radius 3 is 1.84 bits per heavy atom. The van der Waals surface area contributed by atoms with Crippen LogP contribution in [0.4, 0.5) is 0 Å². The van der Waals surface area contributed by atoms with Gasteiger partial charge in [-0.2, -0.15) is 0 Å². The predicted octanol–water partition coefficient (Wildman–Crippen LogP) is 1.70. The maximum absolute atomic E-state index is 12.4. The van der Waals surface area contributed by atoms with E-state index in [4.69, 9.17) is 0 Å². The topological polar surface area (TPSA) is 37.4 Å². The van der Waals surface area contributed by atoms with Gasteiger partial charge in [-0.3, -0.25) is 14.5 Å². The number of likely N-dealkylation sites (tertiary alicyclic amines) is 1. The Labute approximate surface area is 113 Å². The van der Waals surface area contributed by atoms with Crippen LogP contribution in [0.5, 0.6) is 0 Å². The van der Waals surface area contributed by atoms with Crippen LogP contribution in [0.3, 0.4) is 0 Å². The highest BCUT2D eigenvalue weighted by molar-refractivity contribution is 6.05. The molecule has 3 saturated carbocycles. The Balaban J connectivity index is 1.62. The molecule has 2 amide bonds. The lowest BCUT2D eigenvalue weighted by molar-refractivity contribution is -0.139. The summed E-state index contributed by atoms with van der Waals surface area (Å²) in [6.45, 7) is 0. The third-order valence-corrected chi connectivity index (χ3v) is 6.95. The maximum atomic E-state index is 12.4. The van der Waals surface area contributed by atoms with Crippen molar-refractivity contribution in [3.05, 3.63) is 12.2 Å². The van der Waals surface area contributed by atoms with E-state index in [1.54, 1.807) is 7.05 Å². The minimum atomic E-state index is 0.0384. The molecule has 8 atom stereocenters. The highest BCUT2D eigenvalue weighted by Crippen LogP contribution is 2.68. The van der Waals surface area contributed by atoms with Crippen LogP contribution in [0.2, 0.25) is 0 Å². The van der Waals surface area contributed by atoms with Gasteiger partial charge in [0.25, 0.3) is 0 Å². The molecular formula is C16H19NO2. The number of carbonyl (C=O) groups is 2. The van der Waals surface area contributed by atoms with Crippen molar-refractivity contribution in [1.29, 1.82) is 0 Å². The second-order valence-corrected chi connectivity index (χ2v) is 7.30. The van der Waals surface area contributed by atoms with Crippen LogP contribution in [0.25, 0.3) is 0 Å². The van der Waals surface area contributed by atoms with Gasteiger partial charge in [-0.05, 0) is 54.8 Å². The van der Waals surface area contributed by atoms with Gasteiger partial charge in [0, 0.05) is 7.05 Å². The van der Waals surface area contributed by atoms with Crippen LogP contribution in [-0.4, -0.2) is 23.8 Å². The van der Waals surface area contributed by atoms with Crippen molar-refractivity contribution in [2.24, 2.45) is 47.3 Å². The molecule has 6 aliphatic rings. The second-order valence-electron chi connectivity index (χ2n) is 7.30. The molecule has 8 unspecified atom stereocenters. The number of amides is 2. The first-order chi connectivity index (χ1) is 9.18. The van der Waals surface area contributed by atoms with E-state index in [0.29, 0.717) is 35.5 Å². The minimum absolute atomic E-state index is 0.0384. The van der Waals surface area contributed by atoms with Crippen LogP contribution in [0.1, 0.15) is 19.3 Å². The molecule has 5 aliphatic carbocycles. The fourth-order valence-electron chi connectivity index (χ4n) is 6.44. The molecule has 0 aromatic carbocycles. The Morgan fingerprint density at radius 2 is 1.42 bits per heavy atom. The van der Waals surface area contributed by atoms with E-state index in [0.717, 1.165) is 6.42 Å². The average molecular weight is 257 g/mol. The van der Waals surface area contributed by atoms with E-state index in [1.807, 2.05) is 0 Å². The first kappa shape index (κ1) is 10.6. The number of nitrogens with zero attached hydrogens (tertiary/aromatic N) is 1. The Kier molecular flexibility index (Phi) is 1.75. The average Bonchev–Trinajstić information content (AvgIpc) is 3.09. The van der Waals surface area contributed by atoms with E-state index >= 15 is 0 Å². The summed E-state index contributed by atoms with van der Waals surface area (Å²) in [4.78, 5) is 26.1. The van der Waals surface area contributed by atoms with Crippen molar-refractivity contribution < 1.29 is 9.59 Å². The summed E-state index contributed by atoms with van der Waals surface area (Å²) in [5.74, 6) is 4.11. The lowest BCUT2D eigenvalue weighted by Gasteiger charge is -2.49. The predicted molar refractivity (Wildman–Crippen MR) is 68.7 cm³/mol. The van der Waals surface area contributed by atoms with E-state index in [2.05, 4.69) is 12.2 Å². The molecule has 6 rings (SSSR count). The lowest BCUT2D eigenvalue weighted by atomic mass is 9.54. The molecule has 3 nitrogen and oxygen atoms in total. The van der Waals surface area contributed by atoms with Crippen LogP contribution in [0, 0.1) is 47.3 Å². The van der Waals surface area contributed by atoms with Gasteiger partial charge < -0.3 is 0 Å². The van der Waals surface area contributed by atoms with Crippen LogP contribution in [0.15, 0.2) is 12.2 Å². The zero-order chi connectivity index (χ0) is 12.9. The number of hydrogen-bond acceptors (Lipinski definition) is 2. The van der Waals surface area contributed by atoms with Crippen LogP contribution in [-0.2, 0) is 9.59 Å². The molecule has 1 aliphatic heterocycles. The minimum Gasteiger partial charge on any atom is -0.285 e. The Bertz CT molecular complexity index is 481. The number of imide groups is 1. The number of carbonyl (C=O) groups excluding carboxylic acids is 2. The van der Waals surface area contributed by atoms with Crippen molar-refractivity contribution in [1.82, 2.24) is 4.90 Å². The maximum Gasteiger partial charge on any atom is 0.233 e. The van der Waals surface area contributed by atoms with Gasteiger partial charge in [-0.25, -0.2) is 0 Å². The summed E-state index contributed by atoms with van der Waals surface area (Å²) in [5, 5.41) is 0. The number of allylic oxidation sites excluding steroid dienone is 2. The molecule has 0 N–H and O–H groups in total. The molecule has 0 spiro atoms. The summed E-state index contributed by atoms with van der Waals surface area (Å²) in [7, 11) is 1.68. The van der Waals surface area contributed by atoms with E-state index in [-0.39, 0.29) is 23.7 Å². The van der Waals surface area contributed by atoms with Gasteiger partial charge in [0.2, 0.25) is 11.8 Å². The molecule has 1 saturated heterocycles. The summed E-state index contributed by atoms with van der Waals surface area (Å²) < 4.78 is 0. The normalized spacial score (nSPS) is 57.0. The van der Waals surface area contributed by atoms with E-state index < -0.39 is 0 Å². The molecule has 19 heavy (non-hydrogen) atoms. The van der Waals surface area contributed by atoms with Crippen molar-refractivity contribution in [2.45, 2.75) is 19.3 Å². The smallest absolute Gasteiger partial charge is 0.233 e. The molecule has 0 radical (unpaired) electrons. The molecular weight excluding hydrogens is 238 g/mol. The third kappa shape index (κ3) is 1.01. The fraction of sp³-hybridized carbons (Fsp3) is 0.750. The molecule has 0 aromatic heterocycles. The summed E-state index contributed by atoms with van der Waals surface area (Å²) in [6.07, 6.45) is 8.58. The Hall–Kier alpha value is -1.12. The van der Waals surface area contributed by atoms with Gasteiger partial charge in [0.1, 0.15) is 0 Å². The first-order valence-electron chi connectivity index (χ1n) is 7.68. The van der Waals surface area contributed by atoms with Crippen molar-refractivity contribution >= 4 is 11.8 Å². The van der Waals surface area contributed by atoms with Gasteiger partial charge in [-0.15, -0.1) is 0 Å². The van der Waals surface area contributed by atoms with Crippen molar-refractivity contribution in [3.63, 3.8) is 0 Å². The van der Waals surface area contributed by atoms with Gasteiger partial charge in [0.05, 0.1) is 11.8 Å². The highest BCUT2D eigenvalue weighted by atomic mass is 16.2. The highest BCUT2D eigenvalue weighted by Gasteiger charge is 2.69. The van der Waals surface area contributed by atoms with E-state index in [9.17, 15) is 9.59 Å². The summed E-state index contributed by atoms with van der Waals surface area (Å²) in [5.41, 5.74) is 0. The molecule has 1 heterocycles. The standard InChI is InChI=1S/C16H19NO2/c1-17-15(18)13-9-6-10(14(13)16(17)19)12-8-3-2-7(4-5-8)11(9)12/h2-3,7-14H,4-6H2,1H3. The third-order valence-electron chi connectivity index (χ3n) is 6.95. The molecule has 100 valence electrons. The van der Waals surface area contributed by atoms with E-state index in [1.165, 1.54) is 17.7 Å². The summed E-state index contributed by atoms with van der Waals surface area (Å²) in [6, 6.07) is 0. The van der Waals surface area contributed by atoms with Crippen LogP contribution >= 0.6 is 0 Å². The quantitative estimate of drug-likeness (QED) is 0.489. The molecule has 0 aromatic rings. The number of fused-ring (bicyclic) bond motifs is 6. The largest absolute Gasteiger partial charge is 0.285 e. The molecule has 3 heteroatoms.